The number of hydrogen-bond donors (Lipinski definition) is 0. The molecular formula is C10H8FNO. The summed E-state index contributed by atoms with van der Waals surface area (Å²) in [6, 6.07) is 4.34. The quantitative estimate of drug-likeness (QED) is 0.617. The third-order valence-electron chi connectivity index (χ3n) is 1.81. The molecule has 0 bridgehead atoms. The number of halogens is 1. The second-order valence-electron chi connectivity index (χ2n) is 2.81. The fraction of sp³-hybridized carbons (Fsp3) is 0.200. The van der Waals surface area contributed by atoms with E-state index in [9.17, 15) is 9.18 Å². The molecule has 1 aromatic carbocycles. The highest BCUT2D eigenvalue weighted by Crippen LogP contribution is 2.14. The highest BCUT2D eigenvalue weighted by Gasteiger charge is 2.10. The molecule has 0 unspecified atom stereocenters. The number of Topliss-reactive ketones (excluding diaryl/α,β-unsaturated/α-hetero) is 1. The van der Waals surface area contributed by atoms with Crippen LogP contribution in [0.15, 0.2) is 12.1 Å². The van der Waals surface area contributed by atoms with E-state index in [0.717, 1.165) is 6.07 Å². The molecule has 0 fully saturated rings. The molecule has 0 N–H and O–H groups in total. The highest BCUT2D eigenvalue weighted by atomic mass is 19.1. The first-order valence-corrected chi connectivity index (χ1v) is 3.77. The van der Waals surface area contributed by atoms with Crippen molar-refractivity contribution in [3.05, 3.63) is 34.6 Å². The molecule has 0 amide bonds. The van der Waals surface area contributed by atoms with E-state index in [1.165, 1.54) is 13.0 Å². The van der Waals surface area contributed by atoms with E-state index in [1.807, 2.05) is 6.07 Å². The Morgan fingerprint density at radius 3 is 2.62 bits per heavy atom. The van der Waals surface area contributed by atoms with E-state index >= 15 is 0 Å². The zero-order valence-corrected chi connectivity index (χ0v) is 7.39. The van der Waals surface area contributed by atoms with Crippen molar-refractivity contribution in [1.82, 2.24) is 0 Å². The van der Waals surface area contributed by atoms with Gasteiger partial charge in [-0.05, 0) is 31.5 Å². The van der Waals surface area contributed by atoms with Crippen molar-refractivity contribution in [1.29, 1.82) is 5.26 Å². The number of rotatable bonds is 1. The number of nitriles is 1. The molecule has 13 heavy (non-hydrogen) atoms. The molecule has 1 aromatic rings. The summed E-state index contributed by atoms with van der Waals surface area (Å²) in [5.74, 6) is -0.959. The van der Waals surface area contributed by atoms with Crippen molar-refractivity contribution < 1.29 is 9.18 Å². The Kier molecular flexibility index (Phi) is 2.43. The van der Waals surface area contributed by atoms with Crippen LogP contribution in [0, 0.1) is 24.1 Å². The SMILES string of the molecule is CC(=O)c1cc(C)c(C#N)cc1F. The Hall–Kier alpha value is -1.69. The van der Waals surface area contributed by atoms with Gasteiger partial charge in [0.05, 0.1) is 17.2 Å². The molecule has 0 aromatic heterocycles. The molecule has 0 aliphatic rings. The van der Waals surface area contributed by atoms with Crippen LogP contribution in [0.4, 0.5) is 4.39 Å². The van der Waals surface area contributed by atoms with E-state index in [1.54, 1.807) is 6.92 Å². The maximum Gasteiger partial charge on any atom is 0.162 e. The number of carbonyl (C=O) groups excluding carboxylic acids is 1. The van der Waals surface area contributed by atoms with Gasteiger partial charge < -0.3 is 0 Å². The minimum Gasteiger partial charge on any atom is -0.294 e. The zero-order valence-electron chi connectivity index (χ0n) is 7.39. The molecule has 3 heteroatoms. The van der Waals surface area contributed by atoms with Gasteiger partial charge in [0.15, 0.2) is 5.78 Å². The molecule has 0 radical (unpaired) electrons. The smallest absolute Gasteiger partial charge is 0.162 e. The number of benzene rings is 1. The van der Waals surface area contributed by atoms with Gasteiger partial charge in [-0.1, -0.05) is 0 Å². The molecule has 0 heterocycles. The molecule has 0 atom stereocenters. The lowest BCUT2D eigenvalue weighted by Crippen LogP contribution is -1.99. The first kappa shape index (κ1) is 9.40. The van der Waals surface area contributed by atoms with Crippen LogP contribution in [0.5, 0.6) is 0 Å². The average Bonchev–Trinajstić information content (AvgIpc) is 2.07. The first-order valence-electron chi connectivity index (χ1n) is 3.77. The van der Waals surface area contributed by atoms with Gasteiger partial charge in [0.1, 0.15) is 5.82 Å². The van der Waals surface area contributed by atoms with Gasteiger partial charge in [-0.15, -0.1) is 0 Å². The van der Waals surface area contributed by atoms with Crippen LogP contribution in [0.25, 0.3) is 0 Å². The Balaban J connectivity index is 3.39. The summed E-state index contributed by atoms with van der Waals surface area (Å²) in [6.07, 6.45) is 0. The van der Waals surface area contributed by atoms with Crippen LogP contribution in [0.1, 0.15) is 28.4 Å². The maximum atomic E-state index is 13.1. The molecular weight excluding hydrogens is 169 g/mol. The maximum absolute atomic E-state index is 13.1. The molecule has 0 spiro atoms. The fourth-order valence-corrected chi connectivity index (χ4v) is 1.07. The molecule has 0 aliphatic heterocycles. The summed E-state index contributed by atoms with van der Waals surface area (Å²) < 4.78 is 13.1. The van der Waals surface area contributed by atoms with Crippen molar-refractivity contribution >= 4 is 5.78 Å². The van der Waals surface area contributed by atoms with Crippen LogP contribution >= 0.6 is 0 Å². The van der Waals surface area contributed by atoms with Gasteiger partial charge in [-0.2, -0.15) is 5.26 Å². The third kappa shape index (κ3) is 1.73. The van der Waals surface area contributed by atoms with Crippen molar-refractivity contribution in [3.63, 3.8) is 0 Å². The second-order valence-corrected chi connectivity index (χ2v) is 2.81. The Morgan fingerprint density at radius 1 is 1.54 bits per heavy atom. The van der Waals surface area contributed by atoms with Gasteiger partial charge in [0.25, 0.3) is 0 Å². The average molecular weight is 177 g/mol. The van der Waals surface area contributed by atoms with Crippen LogP contribution < -0.4 is 0 Å². The predicted molar refractivity (Wildman–Crippen MR) is 45.9 cm³/mol. The zero-order chi connectivity index (χ0) is 10.0. The highest BCUT2D eigenvalue weighted by molar-refractivity contribution is 5.94. The van der Waals surface area contributed by atoms with Crippen molar-refractivity contribution in [2.45, 2.75) is 13.8 Å². The fourth-order valence-electron chi connectivity index (χ4n) is 1.07. The summed E-state index contributed by atoms with van der Waals surface area (Å²) in [5.41, 5.74) is 0.924. The lowest BCUT2D eigenvalue weighted by atomic mass is 10.0. The second kappa shape index (κ2) is 3.36. The number of aryl methyl sites for hydroxylation is 1. The lowest BCUT2D eigenvalue weighted by molar-refractivity contribution is 0.101. The Morgan fingerprint density at radius 2 is 2.15 bits per heavy atom. The summed E-state index contributed by atoms with van der Waals surface area (Å²) in [4.78, 5) is 10.9. The molecule has 66 valence electrons. The molecule has 0 saturated heterocycles. The van der Waals surface area contributed by atoms with E-state index in [4.69, 9.17) is 5.26 Å². The van der Waals surface area contributed by atoms with Gasteiger partial charge >= 0.3 is 0 Å². The molecule has 0 saturated carbocycles. The topological polar surface area (TPSA) is 40.9 Å². The molecule has 1 rings (SSSR count). The van der Waals surface area contributed by atoms with E-state index in [0.29, 0.717) is 5.56 Å². The Labute approximate surface area is 75.6 Å². The summed E-state index contributed by atoms with van der Waals surface area (Å²) >= 11 is 0. The van der Waals surface area contributed by atoms with Gasteiger partial charge in [-0.25, -0.2) is 4.39 Å². The normalized spacial score (nSPS) is 9.38. The van der Waals surface area contributed by atoms with Crippen LogP contribution in [0.3, 0.4) is 0 Å². The lowest BCUT2D eigenvalue weighted by Gasteiger charge is -2.01. The minimum atomic E-state index is -0.630. The number of hydrogen-bond acceptors (Lipinski definition) is 2. The van der Waals surface area contributed by atoms with Crippen LogP contribution in [-0.2, 0) is 0 Å². The standard InChI is InChI=1S/C10H8FNO/c1-6-3-9(7(2)13)10(11)4-8(6)5-12/h3-4H,1-2H3. The van der Waals surface area contributed by atoms with E-state index in [2.05, 4.69) is 0 Å². The summed E-state index contributed by atoms with van der Waals surface area (Å²) in [5, 5.41) is 8.57. The van der Waals surface area contributed by atoms with Gasteiger partial charge in [0.2, 0.25) is 0 Å². The number of carbonyl (C=O) groups is 1. The summed E-state index contributed by atoms with van der Waals surface area (Å²) in [7, 11) is 0. The van der Waals surface area contributed by atoms with Crippen LogP contribution in [0.2, 0.25) is 0 Å². The Bertz CT molecular complexity index is 404. The summed E-state index contributed by atoms with van der Waals surface area (Å²) in [6.45, 7) is 2.97. The third-order valence-corrected chi connectivity index (χ3v) is 1.81. The van der Waals surface area contributed by atoms with Crippen molar-refractivity contribution in [2.24, 2.45) is 0 Å². The van der Waals surface area contributed by atoms with E-state index < -0.39 is 5.82 Å². The number of ketones is 1. The predicted octanol–water partition coefficient (Wildman–Crippen LogP) is 2.21. The number of nitrogens with zero attached hydrogens (tertiary/aromatic N) is 1. The van der Waals surface area contributed by atoms with Crippen LogP contribution in [-0.4, -0.2) is 5.78 Å². The van der Waals surface area contributed by atoms with Crippen molar-refractivity contribution in [3.8, 4) is 6.07 Å². The monoisotopic (exact) mass is 177 g/mol. The first-order chi connectivity index (χ1) is 6.06. The van der Waals surface area contributed by atoms with Crippen molar-refractivity contribution in [2.75, 3.05) is 0 Å². The molecule has 0 aliphatic carbocycles. The van der Waals surface area contributed by atoms with Gasteiger partial charge in [0, 0.05) is 0 Å². The molecule has 2 nitrogen and oxygen atoms in total. The van der Waals surface area contributed by atoms with Gasteiger partial charge in [-0.3, -0.25) is 4.79 Å². The minimum absolute atomic E-state index is 0.0384. The van der Waals surface area contributed by atoms with E-state index in [-0.39, 0.29) is 16.9 Å². The largest absolute Gasteiger partial charge is 0.294 e.